The van der Waals surface area contributed by atoms with Crippen LogP contribution in [0, 0.1) is 0 Å². The molecule has 1 saturated heterocycles. The molecule has 29 heavy (non-hydrogen) atoms. The smallest absolute Gasteiger partial charge is 0.410 e. The van der Waals surface area contributed by atoms with E-state index >= 15 is 0 Å². The molecule has 1 aromatic rings. The van der Waals surface area contributed by atoms with Gasteiger partial charge in [0.05, 0.1) is 5.41 Å². The van der Waals surface area contributed by atoms with Crippen LogP contribution in [0.5, 0.6) is 0 Å². The van der Waals surface area contributed by atoms with Crippen LogP contribution in [0.1, 0.15) is 45.6 Å². The first-order chi connectivity index (χ1) is 13.7. The second-order valence-corrected chi connectivity index (χ2v) is 9.93. The van der Waals surface area contributed by atoms with Gasteiger partial charge in [-0.2, -0.15) is 0 Å². The Kier molecular flexibility index (Phi) is 6.89. The fraction of sp³-hybridized carbons (Fsp3) is 0.636. The Balaban J connectivity index is 1.35. The summed E-state index contributed by atoms with van der Waals surface area (Å²) in [4.78, 5) is 29.0. The van der Waals surface area contributed by atoms with E-state index in [0.29, 0.717) is 19.6 Å². The number of nitrogens with zero attached hydrogens (tertiary/aromatic N) is 2. The van der Waals surface area contributed by atoms with Crippen LogP contribution < -0.4 is 5.32 Å². The highest BCUT2D eigenvalue weighted by Gasteiger charge is 2.51. The van der Waals surface area contributed by atoms with E-state index in [1.54, 1.807) is 4.90 Å². The third-order valence-corrected chi connectivity index (χ3v) is 6.02. The van der Waals surface area contributed by atoms with Crippen molar-refractivity contribution in [2.45, 2.75) is 51.0 Å². The van der Waals surface area contributed by atoms with Crippen LogP contribution in [0.15, 0.2) is 28.7 Å². The van der Waals surface area contributed by atoms with E-state index in [4.69, 9.17) is 4.74 Å². The number of piperazine rings is 1. The zero-order valence-electron chi connectivity index (χ0n) is 17.7. The summed E-state index contributed by atoms with van der Waals surface area (Å²) in [6, 6.07) is 8.07. The number of benzene rings is 1. The van der Waals surface area contributed by atoms with Gasteiger partial charge in [-0.15, -0.1) is 0 Å². The van der Waals surface area contributed by atoms with E-state index in [-0.39, 0.29) is 17.4 Å². The Morgan fingerprint density at radius 3 is 2.45 bits per heavy atom. The number of nitrogens with one attached hydrogen (secondary N) is 1. The zero-order chi connectivity index (χ0) is 21.1. The first-order valence-corrected chi connectivity index (χ1v) is 11.2. The normalized spacial score (nSPS) is 19.0. The van der Waals surface area contributed by atoms with Crippen LogP contribution in [0.4, 0.5) is 4.79 Å². The van der Waals surface area contributed by atoms with E-state index in [2.05, 4.69) is 32.2 Å². The number of hydrogen-bond donors (Lipinski definition) is 1. The number of rotatable bonds is 6. The molecule has 1 heterocycles. The van der Waals surface area contributed by atoms with Crippen molar-refractivity contribution in [1.29, 1.82) is 0 Å². The van der Waals surface area contributed by atoms with Crippen LogP contribution in [-0.2, 0) is 14.9 Å². The Hall–Kier alpha value is -1.60. The monoisotopic (exact) mass is 465 g/mol. The van der Waals surface area contributed by atoms with Gasteiger partial charge in [-0.3, -0.25) is 9.69 Å². The minimum absolute atomic E-state index is 0.144. The van der Waals surface area contributed by atoms with Gasteiger partial charge in [-0.1, -0.05) is 28.1 Å². The number of halogens is 1. The van der Waals surface area contributed by atoms with Crippen LogP contribution in [0.3, 0.4) is 0 Å². The molecule has 0 radical (unpaired) electrons. The van der Waals surface area contributed by atoms with Crippen LogP contribution in [0.25, 0.3) is 0 Å². The minimum atomic E-state index is -0.457. The molecular formula is C22H32BrN3O3. The molecule has 160 valence electrons. The van der Waals surface area contributed by atoms with Gasteiger partial charge in [0.1, 0.15) is 5.60 Å². The fourth-order valence-electron chi connectivity index (χ4n) is 3.71. The molecule has 0 atom stereocenters. The Bertz CT molecular complexity index is 735. The largest absolute Gasteiger partial charge is 0.444 e. The number of hydrogen-bond acceptors (Lipinski definition) is 4. The predicted octanol–water partition coefficient (Wildman–Crippen LogP) is 3.54. The van der Waals surface area contributed by atoms with Crippen molar-refractivity contribution >= 4 is 27.9 Å². The maximum atomic E-state index is 12.7. The molecule has 0 unspecified atom stereocenters. The topological polar surface area (TPSA) is 61.9 Å². The highest BCUT2D eigenvalue weighted by Crippen LogP contribution is 2.48. The van der Waals surface area contributed by atoms with Crippen molar-refractivity contribution in [2.75, 3.05) is 39.3 Å². The first kappa shape index (κ1) is 22.1. The maximum absolute atomic E-state index is 12.7. The minimum Gasteiger partial charge on any atom is -0.444 e. The van der Waals surface area contributed by atoms with E-state index in [0.717, 1.165) is 48.9 Å². The van der Waals surface area contributed by atoms with Gasteiger partial charge >= 0.3 is 6.09 Å². The van der Waals surface area contributed by atoms with Crippen LogP contribution >= 0.6 is 15.9 Å². The summed E-state index contributed by atoms with van der Waals surface area (Å²) < 4.78 is 6.45. The zero-order valence-corrected chi connectivity index (χ0v) is 19.3. The van der Waals surface area contributed by atoms with Crippen molar-refractivity contribution in [2.24, 2.45) is 0 Å². The van der Waals surface area contributed by atoms with Gasteiger partial charge in [0, 0.05) is 37.2 Å². The summed E-state index contributed by atoms with van der Waals surface area (Å²) in [6.07, 6.45) is 2.52. The van der Waals surface area contributed by atoms with Gasteiger partial charge in [-0.25, -0.2) is 4.79 Å². The van der Waals surface area contributed by atoms with Gasteiger partial charge in [0.2, 0.25) is 5.91 Å². The molecule has 1 aliphatic heterocycles. The Morgan fingerprint density at radius 1 is 1.17 bits per heavy atom. The molecule has 1 aromatic carbocycles. The van der Waals surface area contributed by atoms with Crippen molar-refractivity contribution in [3.8, 4) is 0 Å². The van der Waals surface area contributed by atoms with Gasteiger partial charge < -0.3 is 15.0 Å². The van der Waals surface area contributed by atoms with E-state index in [1.165, 1.54) is 0 Å². The highest BCUT2D eigenvalue weighted by molar-refractivity contribution is 9.10. The maximum Gasteiger partial charge on any atom is 0.410 e. The average molecular weight is 466 g/mol. The highest BCUT2D eigenvalue weighted by atomic mass is 79.9. The molecule has 1 aliphatic carbocycles. The van der Waals surface area contributed by atoms with Crippen molar-refractivity contribution in [3.63, 3.8) is 0 Å². The summed E-state index contributed by atoms with van der Waals surface area (Å²) in [5.74, 6) is 0.144. The number of carbonyl (C=O) groups is 2. The summed E-state index contributed by atoms with van der Waals surface area (Å²) in [5.41, 5.74) is 0.312. The van der Waals surface area contributed by atoms with Crippen LogP contribution in [0.2, 0.25) is 0 Å². The summed E-state index contributed by atoms with van der Waals surface area (Å²) in [6.45, 7) is 10.3. The number of carbonyl (C=O) groups excluding carboxylic acids is 2. The molecule has 2 fully saturated rings. The standard InChI is InChI=1S/C22H32BrN3O3/c1-21(2,3)29-20(28)26-14-12-25(13-15-26)11-5-10-24-19(27)22(8-9-22)17-6-4-7-18(23)16-17/h4,6-7,16H,5,8-15H2,1-3H3,(H,24,27). The molecule has 0 spiro atoms. The lowest BCUT2D eigenvalue weighted by Crippen LogP contribution is -2.50. The summed E-state index contributed by atoms with van der Waals surface area (Å²) >= 11 is 3.50. The predicted molar refractivity (Wildman–Crippen MR) is 117 cm³/mol. The third-order valence-electron chi connectivity index (χ3n) is 5.52. The molecule has 1 N–H and O–H groups in total. The van der Waals surface area contributed by atoms with Crippen molar-refractivity contribution < 1.29 is 14.3 Å². The van der Waals surface area contributed by atoms with E-state index < -0.39 is 5.60 Å². The SMILES string of the molecule is CC(C)(C)OC(=O)N1CCN(CCCNC(=O)C2(c3cccc(Br)c3)CC2)CC1. The number of ether oxygens (including phenoxy) is 1. The molecule has 3 rings (SSSR count). The van der Waals surface area contributed by atoms with Gasteiger partial charge in [0.25, 0.3) is 0 Å². The van der Waals surface area contributed by atoms with Crippen LogP contribution in [-0.4, -0.2) is 66.7 Å². The third kappa shape index (κ3) is 5.95. The molecule has 2 aliphatic rings. The molecule has 1 saturated carbocycles. The Labute approximate surface area is 182 Å². The van der Waals surface area contributed by atoms with E-state index in [9.17, 15) is 9.59 Å². The Morgan fingerprint density at radius 2 is 1.86 bits per heavy atom. The molecule has 0 bridgehead atoms. The molecule has 6 nitrogen and oxygen atoms in total. The fourth-order valence-corrected chi connectivity index (χ4v) is 4.11. The molecule has 0 aromatic heterocycles. The molecule has 7 heteroatoms. The van der Waals surface area contributed by atoms with Gasteiger partial charge in [0.15, 0.2) is 0 Å². The second kappa shape index (κ2) is 9.04. The van der Waals surface area contributed by atoms with Crippen molar-refractivity contribution in [3.05, 3.63) is 34.3 Å². The lowest BCUT2D eigenvalue weighted by atomic mass is 9.95. The second-order valence-electron chi connectivity index (χ2n) is 9.01. The summed E-state index contributed by atoms with van der Waals surface area (Å²) in [7, 11) is 0. The average Bonchev–Trinajstić information content (AvgIpc) is 3.46. The molecular weight excluding hydrogens is 434 g/mol. The quantitative estimate of drug-likeness (QED) is 0.652. The molecule has 2 amide bonds. The van der Waals surface area contributed by atoms with Gasteiger partial charge in [-0.05, 0) is 64.3 Å². The van der Waals surface area contributed by atoms with Crippen molar-refractivity contribution in [1.82, 2.24) is 15.1 Å². The lowest BCUT2D eigenvalue weighted by Gasteiger charge is -2.35. The lowest BCUT2D eigenvalue weighted by molar-refractivity contribution is -0.123. The summed E-state index contributed by atoms with van der Waals surface area (Å²) in [5, 5.41) is 3.13. The number of amides is 2. The first-order valence-electron chi connectivity index (χ1n) is 10.4. The van der Waals surface area contributed by atoms with E-state index in [1.807, 2.05) is 39.0 Å².